The average molecular weight is 221 g/mol. The van der Waals surface area contributed by atoms with Crippen LogP contribution in [0.25, 0.3) is 11.1 Å². The van der Waals surface area contributed by atoms with Crippen LogP contribution in [0.4, 0.5) is 0 Å². The van der Waals surface area contributed by atoms with E-state index in [4.69, 9.17) is 5.26 Å². The Kier molecular flexibility index (Phi) is 3.25. The Bertz CT molecular complexity index is 576. The van der Waals surface area contributed by atoms with Gasteiger partial charge in [-0.15, -0.1) is 0 Å². The zero-order valence-electron chi connectivity index (χ0n) is 10.2. The first kappa shape index (κ1) is 11.4. The van der Waals surface area contributed by atoms with Crippen LogP contribution in [0.15, 0.2) is 42.5 Å². The summed E-state index contributed by atoms with van der Waals surface area (Å²) < 4.78 is 0. The summed E-state index contributed by atoms with van der Waals surface area (Å²) in [6.45, 7) is 4.23. The van der Waals surface area contributed by atoms with E-state index in [1.54, 1.807) is 0 Å². The van der Waals surface area contributed by atoms with Crippen molar-refractivity contribution in [2.24, 2.45) is 0 Å². The number of benzene rings is 2. The SMILES string of the molecule is CCc1cccc(-c2cc(C#N)ccc2C)c1. The molecular weight excluding hydrogens is 206 g/mol. The van der Waals surface area contributed by atoms with Gasteiger partial charge in [0.1, 0.15) is 0 Å². The molecular formula is C16H15N. The molecule has 0 saturated heterocycles. The molecule has 2 rings (SSSR count). The van der Waals surface area contributed by atoms with Crippen LogP contribution in [0.5, 0.6) is 0 Å². The van der Waals surface area contributed by atoms with Gasteiger partial charge in [-0.2, -0.15) is 5.26 Å². The minimum atomic E-state index is 0.715. The monoisotopic (exact) mass is 221 g/mol. The standard InChI is InChI=1S/C16H15N/c1-3-13-5-4-6-15(9-13)16-10-14(11-17)8-7-12(16)2/h4-10H,3H2,1-2H3. The molecule has 0 aliphatic heterocycles. The van der Waals surface area contributed by atoms with Crippen molar-refractivity contribution >= 4 is 0 Å². The lowest BCUT2D eigenvalue weighted by atomic mass is 9.96. The molecule has 2 aromatic carbocycles. The highest BCUT2D eigenvalue weighted by molar-refractivity contribution is 5.69. The zero-order valence-corrected chi connectivity index (χ0v) is 10.2. The number of nitrogens with zero attached hydrogens (tertiary/aromatic N) is 1. The molecule has 0 amide bonds. The first-order chi connectivity index (χ1) is 8.24. The van der Waals surface area contributed by atoms with Crippen LogP contribution in [0, 0.1) is 18.3 Å². The van der Waals surface area contributed by atoms with Gasteiger partial charge in [0.25, 0.3) is 0 Å². The van der Waals surface area contributed by atoms with Crippen molar-refractivity contribution in [3.05, 3.63) is 59.2 Å². The fourth-order valence-electron chi connectivity index (χ4n) is 1.96. The van der Waals surface area contributed by atoms with Crippen molar-refractivity contribution in [3.63, 3.8) is 0 Å². The molecule has 0 N–H and O–H groups in total. The molecule has 0 radical (unpaired) electrons. The van der Waals surface area contributed by atoms with E-state index in [1.165, 1.54) is 16.7 Å². The summed E-state index contributed by atoms with van der Waals surface area (Å²) in [5, 5.41) is 8.95. The molecule has 0 aromatic heterocycles. The van der Waals surface area contributed by atoms with E-state index < -0.39 is 0 Å². The van der Waals surface area contributed by atoms with Crippen LogP contribution in [0.2, 0.25) is 0 Å². The molecule has 1 nitrogen and oxygen atoms in total. The predicted octanol–water partition coefficient (Wildman–Crippen LogP) is 4.10. The van der Waals surface area contributed by atoms with Crippen molar-refractivity contribution < 1.29 is 0 Å². The molecule has 84 valence electrons. The average Bonchev–Trinajstić information content (AvgIpc) is 2.39. The maximum absolute atomic E-state index is 8.95. The zero-order chi connectivity index (χ0) is 12.3. The third-order valence-electron chi connectivity index (χ3n) is 3.01. The molecule has 0 aliphatic rings. The van der Waals surface area contributed by atoms with Crippen molar-refractivity contribution in [1.29, 1.82) is 5.26 Å². The van der Waals surface area contributed by atoms with Crippen LogP contribution in [0.3, 0.4) is 0 Å². The summed E-state index contributed by atoms with van der Waals surface area (Å²) in [4.78, 5) is 0. The Morgan fingerprint density at radius 2 is 1.94 bits per heavy atom. The third kappa shape index (κ3) is 2.37. The number of hydrogen-bond acceptors (Lipinski definition) is 1. The van der Waals surface area contributed by atoms with Crippen molar-refractivity contribution in [3.8, 4) is 17.2 Å². The molecule has 0 atom stereocenters. The second-order valence-electron chi connectivity index (χ2n) is 4.20. The van der Waals surface area contributed by atoms with E-state index in [9.17, 15) is 0 Å². The number of rotatable bonds is 2. The summed E-state index contributed by atoms with van der Waals surface area (Å²) in [7, 11) is 0. The smallest absolute Gasteiger partial charge is 0.0991 e. The molecule has 0 unspecified atom stereocenters. The molecule has 0 spiro atoms. The van der Waals surface area contributed by atoms with Crippen LogP contribution in [-0.4, -0.2) is 0 Å². The Labute approximate surface area is 102 Å². The van der Waals surface area contributed by atoms with Crippen LogP contribution >= 0.6 is 0 Å². The molecule has 0 aliphatic carbocycles. The normalized spacial score (nSPS) is 9.94. The van der Waals surface area contributed by atoms with Gasteiger partial charge < -0.3 is 0 Å². The first-order valence-electron chi connectivity index (χ1n) is 5.84. The Hall–Kier alpha value is -2.07. The molecule has 2 aromatic rings. The van der Waals surface area contributed by atoms with Gasteiger partial charge in [0.2, 0.25) is 0 Å². The number of aryl methyl sites for hydroxylation is 2. The van der Waals surface area contributed by atoms with Crippen LogP contribution in [-0.2, 0) is 6.42 Å². The summed E-state index contributed by atoms with van der Waals surface area (Å²) >= 11 is 0. The third-order valence-corrected chi connectivity index (χ3v) is 3.01. The maximum atomic E-state index is 8.95. The van der Waals surface area contributed by atoms with E-state index in [0.29, 0.717) is 5.56 Å². The minimum absolute atomic E-state index is 0.715. The van der Waals surface area contributed by atoms with Gasteiger partial charge >= 0.3 is 0 Å². The molecule has 17 heavy (non-hydrogen) atoms. The van der Waals surface area contributed by atoms with E-state index in [2.05, 4.69) is 44.2 Å². The molecule has 0 bridgehead atoms. The predicted molar refractivity (Wildman–Crippen MR) is 70.7 cm³/mol. The summed E-state index contributed by atoms with van der Waals surface area (Å²) in [5.41, 5.74) is 5.59. The van der Waals surface area contributed by atoms with E-state index >= 15 is 0 Å². The van der Waals surface area contributed by atoms with E-state index in [1.807, 2.05) is 18.2 Å². The summed E-state index contributed by atoms with van der Waals surface area (Å²) in [5.74, 6) is 0. The lowest BCUT2D eigenvalue weighted by Crippen LogP contribution is -1.87. The largest absolute Gasteiger partial charge is 0.192 e. The second kappa shape index (κ2) is 4.84. The molecule has 0 heterocycles. The highest BCUT2D eigenvalue weighted by atomic mass is 14.2. The Morgan fingerprint density at radius 3 is 2.65 bits per heavy atom. The fourth-order valence-corrected chi connectivity index (χ4v) is 1.96. The molecule has 1 heteroatoms. The van der Waals surface area contributed by atoms with Gasteiger partial charge in [0, 0.05) is 0 Å². The number of hydrogen-bond donors (Lipinski definition) is 0. The van der Waals surface area contributed by atoms with Crippen LogP contribution in [0.1, 0.15) is 23.6 Å². The van der Waals surface area contributed by atoms with Gasteiger partial charge in [0.15, 0.2) is 0 Å². The fraction of sp³-hybridized carbons (Fsp3) is 0.188. The van der Waals surface area contributed by atoms with E-state index in [0.717, 1.165) is 12.0 Å². The van der Waals surface area contributed by atoms with Crippen LogP contribution < -0.4 is 0 Å². The van der Waals surface area contributed by atoms with Gasteiger partial charge in [-0.3, -0.25) is 0 Å². The summed E-state index contributed by atoms with van der Waals surface area (Å²) in [6, 6.07) is 16.5. The quantitative estimate of drug-likeness (QED) is 0.749. The molecule has 0 saturated carbocycles. The maximum Gasteiger partial charge on any atom is 0.0991 e. The minimum Gasteiger partial charge on any atom is -0.192 e. The van der Waals surface area contributed by atoms with Gasteiger partial charge in [-0.1, -0.05) is 37.3 Å². The highest BCUT2D eigenvalue weighted by Crippen LogP contribution is 2.25. The summed E-state index contributed by atoms with van der Waals surface area (Å²) in [6.07, 6.45) is 1.03. The van der Waals surface area contributed by atoms with Crippen molar-refractivity contribution in [2.45, 2.75) is 20.3 Å². The lowest BCUT2D eigenvalue weighted by molar-refractivity contribution is 1.14. The van der Waals surface area contributed by atoms with E-state index in [-0.39, 0.29) is 0 Å². The van der Waals surface area contributed by atoms with Gasteiger partial charge in [-0.05, 0) is 47.7 Å². The van der Waals surface area contributed by atoms with Crippen molar-refractivity contribution in [2.75, 3.05) is 0 Å². The molecule has 0 fully saturated rings. The number of nitriles is 1. The lowest BCUT2D eigenvalue weighted by Gasteiger charge is -2.08. The topological polar surface area (TPSA) is 23.8 Å². The Morgan fingerprint density at radius 1 is 1.12 bits per heavy atom. The van der Waals surface area contributed by atoms with Gasteiger partial charge in [0.05, 0.1) is 11.6 Å². The second-order valence-corrected chi connectivity index (χ2v) is 4.20. The first-order valence-corrected chi connectivity index (χ1v) is 5.84. The van der Waals surface area contributed by atoms with Gasteiger partial charge in [-0.25, -0.2) is 0 Å². The highest BCUT2D eigenvalue weighted by Gasteiger charge is 2.03. The van der Waals surface area contributed by atoms with Crippen molar-refractivity contribution in [1.82, 2.24) is 0 Å². The Balaban J connectivity index is 2.55.